The first-order valence-corrected chi connectivity index (χ1v) is 12.2. The number of hydrogen-bond acceptors (Lipinski definition) is 9. The van der Waals surface area contributed by atoms with Crippen LogP contribution in [0, 0.1) is 0 Å². The lowest BCUT2D eigenvalue weighted by Gasteiger charge is -2.22. The summed E-state index contributed by atoms with van der Waals surface area (Å²) in [5.41, 5.74) is 0.252. The van der Waals surface area contributed by atoms with E-state index in [1.807, 2.05) is 6.07 Å². The Hall–Kier alpha value is -3.04. The summed E-state index contributed by atoms with van der Waals surface area (Å²) in [5.74, 6) is 2.50. The SMILES string of the molecule is Cl.O=c1c(NCCNc2cc(N3CCCC3)nc(N3CCCC3)n2)c(Nc2ccc(Cl)cc2)c1=O. The predicted octanol–water partition coefficient (Wildman–Crippen LogP) is 3.62. The molecular formula is C24H29Cl2N7O2. The zero-order valence-electron chi connectivity index (χ0n) is 19.3. The molecule has 2 aliphatic rings. The van der Waals surface area contributed by atoms with Crippen LogP contribution in [-0.4, -0.2) is 49.2 Å². The summed E-state index contributed by atoms with van der Waals surface area (Å²) >= 11 is 5.91. The van der Waals surface area contributed by atoms with Gasteiger partial charge in [0.15, 0.2) is 0 Å². The van der Waals surface area contributed by atoms with Gasteiger partial charge in [-0.3, -0.25) is 9.59 Å². The summed E-state index contributed by atoms with van der Waals surface area (Å²) in [5, 5.41) is 10.0. The molecule has 0 spiro atoms. The van der Waals surface area contributed by atoms with E-state index >= 15 is 0 Å². The number of rotatable bonds is 9. The van der Waals surface area contributed by atoms with E-state index in [0.29, 0.717) is 29.5 Å². The van der Waals surface area contributed by atoms with Crippen molar-refractivity contribution in [2.75, 3.05) is 65.0 Å². The van der Waals surface area contributed by atoms with Crippen LogP contribution in [0.15, 0.2) is 39.9 Å². The zero-order chi connectivity index (χ0) is 23.5. The van der Waals surface area contributed by atoms with E-state index in [1.165, 1.54) is 12.8 Å². The number of hydrogen-bond donors (Lipinski definition) is 3. The molecule has 1 aromatic heterocycles. The molecule has 0 unspecified atom stereocenters. The maximum absolute atomic E-state index is 12.1. The second kappa shape index (κ2) is 11.1. The van der Waals surface area contributed by atoms with Crippen LogP contribution in [0.1, 0.15) is 25.7 Å². The fourth-order valence-corrected chi connectivity index (χ4v) is 4.54. The van der Waals surface area contributed by atoms with Crippen molar-refractivity contribution in [3.8, 4) is 0 Å². The van der Waals surface area contributed by atoms with Gasteiger partial charge in [0, 0.05) is 56.0 Å². The molecule has 0 saturated carbocycles. The number of aromatic nitrogens is 2. The average Bonchev–Trinajstić information content (AvgIpc) is 3.58. The summed E-state index contributed by atoms with van der Waals surface area (Å²) in [4.78, 5) is 38.2. The van der Waals surface area contributed by atoms with Gasteiger partial charge >= 0.3 is 0 Å². The molecule has 0 radical (unpaired) electrons. The molecule has 0 bridgehead atoms. The molecule has 2 aromatic carbocycles. The van der Waals surface area contributed by atoms with E-state index < -0.39 is 10.9 Å². The molecule has 2 fully saturated rings. The highest BCUT2D eigenvalue weighted by Crippen LogP contribution is 2.26. The molecule has 35 heavy (non-hydrogen) atoms. The van der Waals surface area contributed by atoms with E-state index in [1.54, 1.807) is 24.3 Å². The van der Waals surface area contributed by atoms with Gasteiger partial charge in [-0.05, 0) is 49.9 Å². The van der Waals surface area contributed by atoms with E-state index in [2.05, 4.69) is 25.8 Å². The molecule has 2 aliphatic heterocycles. The van der Waals surface area contributed by atoms with Gasteiger partial charge in [-0.15, -0.1) is 12.4 Å². The second-order valence-corrected chi connectivity index (χ2v) is 9.13. The van der Waals surface area contributed by atoms with Crippen LogP contribution >= 0.6 is 24.0 Å². The summed E-state index contributed by atoms with van der Waals surface area (Å²) in [7, 11) is 0. The quantitative estimate of drug-likeness (QED) is 0.290. The minimum absolute atomic E-state index is 0. The maximum atomic E-state index is 12.1. The second-order valence-electron chi connectivity index (χ2n) is 8.69. The maximum Gasteiger partial charge on any atom is 0.253 e. The van der Waals surface area contributed by atoms with E-state index in [-0.39, 0.29) is 18.1 Å². The Balaban J connectivity index is 0.00000289. The van der Waals surface area contributed by atoms with Crippen LogP contribution in [0.4, 0.5) is 34.6 Å². The van der Waals surface area contributed by atoms with Crippen molar-refractivity contribution in [2.24, 2.45) is 0 Å². The Bertz CT molecular complexity index is 1180. The zero-order valence-corrected chi connectivity index (χ0v) is 20.9. The van der Waals surface area contributed by atoms with Gasteiger partial charge < -0.3 is 25.8 Å². The first-order chi connectivity index (χ1) is 16.6. The standard InChI is InChI=1S/C24H28ClN7O2.ClH/c25-16-5-7-17(8-6-16)28-21-20(22(33)23(21)34)27-10-9-26-18-15-19(31-11-1-2-12-31)30-24(29-18)32-13-3-4-14-32;/h5-8,15,27-28H,1-4,9-14H2,(H,26,29,30);1H. The van der Waals surface area contributed by atoms with E-state index in [4.69, 9.17) is 21.6 Å². The molecule has 11 heteroatoms. The van der Waals surface area contributed by atoms with Crippen molar-refractivity contribution in [3.63, 3.8) is 0 Å². The first kappa shape index (κ1) is 25.1. The van der Waals surface area contributed by atoms with Crippen LogP contribution in [-0.2, 0) is 0 Å². The highest BCUT2D eigenvalue weighted by Gasteiger charge is 2.22. The molecule has 9 nitrogen and oxygen atoms in total. The fourth-order valence-electron chi connectivity index (χ4n) is 4.41. The van der Waals surface area contributed by atoms with Gasteiger partial charge in [0.2, 0.25) is 5.95 Å². The van der Waals surface area contributed by atoms with E-state index in [9.17, 15) is 9.59 Å². The highest BCUT2D eigenvalue weighted by atomic mass is 35.5. The van der Waals surface area contributed by atoms with Crippen LogP contribution < -0.4 is 36.6 Å². The lowest BCUT2D eigenvalue weighted by molar-refractivity contribution is 0.870. The molecule has 0 aliphatic carbocycles. The van der Waals surface area contributed by atoms with Crippen molar-refractivity contribution in [1.82, 2.24) is 9.97 Å². The van der Waals surface area contributed by atoms with Crippen molar-refractivity contribution in [3.05, 3.63) is 55.8 Å². The lowest BCUT2D eigenvalue weighted by atomic mass is 10.1. The molecule has 0 atom stereocenters. The van der Waals surface area contributed by atoms with Crippen LogP contribution in [0.3, 0.4) is 0 Å². The monoisotopic (exact) mass is 517 g/mol. The number of halogens is 2. The molecule has 3 heterocycles. The van der Waals surface area contributed by atoms with Crippen LogP contribution in [0.2, 0.25) is 5.02 Å². The highest BCUT2D eigenvalue weighted by molar-refractivity contribution is 6.30. The van der Waals surface area contributed by atoms with Gasteiger partial charge in [-0.2, -0.15) is 9.97 Å². The van der Waals surface area contributed by atoms with Crippen molar-refractivity contribution >= 4 is 58.7 Å². The molecule has 186 valence electrons. The lowest BCUT2D eigenvalue weighted by Crippen LogP contribution is -2.37. The van der Waals surface area contributed by atoms with Crippen molar-refractivity contribution < 1.29 is 0 Å². The molecule has 2 saturated heterocycles. The van der Waals surface area contributed by atoms with Gasteiger partial charge in [0.05, 0.1) is 0 Å². The van der Waals surface area contributed by atoms with E-state index in [0.717, 1.165) is 56.6 Å². The molecular weight excluding hydrogens is 489 g/mol. The number of benzene rings is 1. The van der Waals surface area contributed by atoms with Crippen molar-refractivity contribution in [2.45, 2.75) is 25.7 Å². The van der Waals surface area contributed by atoms with Crippen LogP contribution in [0.25, 0.3) is 0 Å². The van der Waals surface area contributed by atoms with Gasteiger partial charge in [0.1, 0.15) is 23.0 Å². The van der Waals surface area contributed by atoms with Crippen molar-refractivity contribution in [1.29, 1.82) is 0 Å². The third kappa shape index (κ3) is 5.62. The van der Waals surface area contributed by atoms with Crippen LogP contribution in [0.5, 0.6) is 0 Å². The Morgan fingerprint density at radius 1 is 0.800 bits per heavy atom. The molecule has 0 amide bonds. The number of nitrogens with one attached hydrogen (secondary N) is 3. The third-order valence-corrected chi connectivity index (χ3v) is 6.53. The minimum Gasteiger partial charge on any atom is -0.378 e. The Morgan fingerprint density at radius 3 is 2.09 bits per heavy atom. The topological polar surface area (TPSA) is 102 Å². The summed E-state index contributed by atoms with van der Waals surface area (Å²) in [6, 6.07) is 8.96. The molecule has 3 aromatic rings. The van der Waals surface area contributed by atoms with Gasteiger partial charge in [0.25, 0.3) is 10.9 Å². The number of anilines is 6. The summed E-state index contributed by atoms with van der Waals surface area (Å²) in [6.45, 7) is 5.00. The fraction of sp³-hybridized carbons (Fsp3) is 0.417. The largest absolute Gasteiger partial charge is 0.378 e. The molecule has 3 N–H and O–H groups in total. The summed E-state index contributed by atoms with van der Waals surface area (Å²) in [6.07, 6.45) is 4.70. The Labute approximate surface area is 215 Å². The average molecular weight is 518 g/mol. The minimum atomic E-state index is -0.522. The Kier molecular flexibility index (Phi) is 7.97. The third-order valence-electron chi connectivity index (χ3n) is 6.28. The first-order valence-electron chi connectivity index (χ1n) is 11.8. The van der Waals surface area contributed by atoms with Gasteiger partial charge in [-0.25, -0.2) is 0 Å². The normalized spacial score (nSPS) is 15.3. The smallest absolute Gasteiger partial charge is 0.253 e. The number of nitrogens with zero attached hydrogens (tertiary/aromatic N) is 4. The Morgan fingerprint density at radius 2 is 1.40 bits per heavy atom. The molecule has 5 rings (SSSR count). The predicted molar refractivity (Wildman–Crippen MR) is 145 cm³/mol. The van der Waals surface area contributed by atoms with Gasteiger partial charge in [-0.1, -0.05) is 11.6 Å². The summed E-state index contributed by atoms with van der Waals surface area (Å²) < 4.78 is 0.